The lowest BCUT2D eigenvalue weighted by Crippen LogP contribution is -2.35. The molecule has 1 saturated heterocycles. The minimum absolute atomic E-state index is 0.0717. The molecule has 0 bridgehead atoms. The molecule has 1 aliphatic carbocycles. The second-order valence-electron chi connectivity index (χ2n) is 10.6. The molecule has 2 fully saturated rings. The van der Waals surface area contributed by atoms with E-state index in [1.807, 2.05) is 30.0 Å². The molecule has 3 amide bonds. The Balaban J connectivity index is 1.32. The number of hydrogen-bond acceptors (Lipinski definition) is 8. The smallest absolute Gasteiger partial charge is 0.325 e. The van der Waals surface area contributed by atoms with Crippen LogP contribution in [-0.4, -0.2) is 72.6 Å². The van der Waals surface area contributed by atoms with Crippen LogP contribution in [0.5, 0.6) is 0 Å². The van der Waals surface area contributed by atoms with Gasteiger partial charge in [-0.3, -0.25) is 9.69 Å². The number of aryl methyl sites for hydroxylation is 1. The second-order valence-corrected chi connectivity index (χ2v) is 13.6. The third-order valence-electron chi connectivity index (χ3n) is 7.72. The highest BCUT2D eigenvalue weighted by Crippen LogP contribution is 2.42. The Morgan fingerprint density at radius 2 is 1.90 bits per heavy atom. The number of carbonyl (C=O) groups excluding carboxylic acids is 2. The number of urea groups is 1. The number of pyridine rings is 1. The van der Waals surface area contributed by atoms with Crippen LogP contribution in [0.3, 0.4) is 0 Å². The van der Waals surface area contributed by atoms with Crippen molar-refractivity contribution in [2.75, 3.05) is 36.6 Å². The summed E-state index contributed by atoms with van der Waals surface area (Å²) in [7, 11) is -1.88. The highest BCUT2D eigenvalue weighted by atomic mass is 32.2. The molecule has 1 aromatic carbocycles. The van der Waals surface area contributed by atoms with Crippen molar-refractivity contribution >= 4 is 49.9 Å². The zero-order valence-corrected chi connectivity index (χ0v) is 23.9. The van der Waals surface area contributed by atoms with E-state index in [1.54, 1.807) is 29.0 Å². The van der Waals surface area contributed by atoms with Crippen LogP contribution in [0.2, 0.25) is 0 Å². The van der Waals surface area contributed by atoms with Gasteiger partial charge in [0.1, 0.15) is 11.6 Å². The van der Waals surface area contributed by atoms with Crippen molar-refractivity contribution in [2.45, 2.75) is 44.2 Å². The number of anilines is 3. The molecular formula is C27H30N6O4S2. The van der Waals surface area contributed by atoms with Crippen LogP contribution in [0.15, 0.2) is 35.2 Å². The van der Waals surface area contributed by atoms with Crippen LogP contribution in [0.1, 0.15) is 41.4 Å². The maximum Gasteiger partial charge on any atom is 0.325 e. The summed E-state index contributed by atoms with van der Waals surface area (Å²) in [5, 5.41) is 3.83. The van der Waals surface area contributed by atoms with E-state index in [-0.39, 0.29) is 22.9 Å². The molecule has 10 nitrogen and oxygen atoms in total. The van der Waals surface area contributed by atoms with E-state index in [1.165, 1.54) is 11.3 Å². The highest BCUT2D eigenvalue weighted by Gasteiger charge is 2.41. The van der Waals surface area contributed by atoms with Crippen molar-refractivity contribution in [2.24, 2.45) is 5.92 Å². The lowest BCUT2D eigenvalue weighted by molar-refractivity contribution is 0.0694. The lowest BCUT2D eigenvalue weighted by atomic mass is 10.0. The average molecular weight is 567 g/mol. The van der Waals surface area contributed by atoms with Crippen molar-refractivity contribution in [3.05, 3.63) is 47.2 Å². The maximum absolute atomic E-state index is 13.3. The SMILES string of the molecule is Cc1nc(Nc2cccc(N3CCN(C)C3=O)n2)sc1-c1cc2c(c(S(C)(=O)=O)c1)C(=O)N([C@@H](C)C1CC1)C2. The molecule has 204 valence electrons. The molecule has 3 aliphatic rings. The van der Waals surface area contributed by atoms with Gasteiger partial charge in [0.2, 0.25) is 0 Å². The molecule has 2 aromatic heterocycles. The van der Waals surface area contributed by atoms with Crippen LogP contribution in [0.4, 0.5) is 21.6 Å². The van der Waals surface area contributed by atoms with E-state index >= 15 is 0 Å². The number of benzene rings is 1. The summed E-state index contributed by atoms with van der Waals surface area (Å²) >= 11 is 1.39. The summed E-state index contributed by atoms with van der Waals surface area (Å²) in [4.78, 5) is 41.0. The van der Waals surface area contributed by atoms with Gasteiger partial charge in [-0.1, -0.05) is 17.4 Å². The van der Waals surface area contributed by atoms with Crippen LogP contribution >= 0.6 is 11.3 Å². The molecule has 2 aliphatic heterocycles. The molecule has 6 rings (SSSR count). The number of aromatic nitrogens is 2. The monoisotopic (exact) mass is 566 g/mol. The lowest BCUT2D eigenvalue weighted by Gasteiger charge is -2.24. The van der Waals surface area contributed by atoms with Crippen LogP contribution < -0.4 is 10.2 Å². The fourth-order valence-corrected chi connectivity index (χ4v) is 7.25. The number of nitrogens with one attached hydrogen (secondary N) is 1. The molecule has 39 heavy (non-hydrogen) atoms. The molecule has 12 heteroatoms. The van der Waals surface area contributed by atoms with Crippen molar-refractivity contribution in [1.82, 2.24) is 19.8 Å². The summed E-state index contributed by atoms with van der Waals surface area (Å²) in [5.41, 5.74) is 2.50. The Kier molecular flexibility index (Phi) is 6.14. The molecule has 0 spiro atoms. The van der Waals surface area contributed by atoms with Crippen molar-refractivity contribution < 1.29 is 18.0 Å². The van der Waals surface area contributed by atoms with Gasteiger partial charge in [0.15, 0.2) is 15.0 Å². The van der Waals surface area contributed by atoms with E-state index in [0.717, 1.165) is 40.8 Å². The van der Waals surface area contributed by atoms with Gasteiger partial charge >= 0.3 is 6.03 Å². The standard InChI is InChI=1S/C27H30N6O4S2/c1-15-24(38-26(28-15)30-21-6-5-7-22(29-21)32-11-10-31(3)27(32)35)18-12-19-14-33(16(2)17-8-9-17)25(34)23(19)20(13-18)39(4,36)37/h5-7,12-13,16-17H,8-11,14H2,1-4H3,(H,28,29,30)/t16-/m0/s1. The summed E-state index contributed by atoms with van der Waals surface area (Å²) in [6.07, 6.45) is 3.36. The third kappa shape index (κ3) is 4.65. The zero-order chi connectivity index (χ0) is 27.6. The molecule has 1 atom stereocenters. The minimum atomic E-state index is -3.65. The fraction of sp³-hybridized carbons (Fsp3) is 0.407. The Bertz CT molecular complexity index is 1610. The summed E-state index contributed by atoms with van der Waals surface area (Å²) in [6, 6.07) is 8.97. The number of likely N-dealkylation sites (N-methyl/N-ethyl adjacent to an activating group) is 1. The van der Waals surface area contributed by atoms with Crippen LogP contribution in [0, 0.1) is 12.8 Å². The average Bonchev–Trinajstić information content (AvgIpc) is 3.50. The molecule has 0 radical (unpaired) electrons. The van der Waals surface area contributed by atoms with Gasteiger partial charge in [-0.15, -0.1) is 0 Å². The Hall–Kier alpha value is -3.51. The molecule has 1 saturated carbocycles. The van der Waals surface area contributed by atoms with Gasteiger partial charge in [0.05, 0.1) is 21.0 Å². The molecule has 4 heterocycles. The number of sulfone groups is 1. The molecule has 1 N–H and O–H groups in total. The first-order chi connectivity index (χ1) is 18.5. The largest absolute Gasteiger partial charge is 0.331 e. The van der Waals surface area contributed by atoms with E-state index in [0.29, 0.717) is 47.9 Å². The summed E-state index contributed by atoms with van der Waals surface area (Å²) in [6.45, 7) is 5.56. The second kappa shape index (κ2) is 9.30. The van der Waals surface area contributed by atoms with E-state index < -0.39 is 9.84 Å². The molecule has 0 unspecified atom stereocenters. The van der Waals surface area contributed by atoms with Gasteiger partial charge < -0.3 is 15.1 Å². The number of thiazole rings is 1. The summed E-state index contributed by atoms with van der Waals surface area (Å²) < 4.78 is 25.7. The number of hydrogen-bond donors (Lipinski definition) is 1. The van der Waals surface area contributed by atoms with E-state index in [2.05, 4.69) is 22.2 Å². The first kappa shape index (κ1) is 25.8. The third-order valence-corrected chi connectivity index (χ3v) is 9.96. The maximum atomic E-state index is 13.3. The molecule has 3 aromatic rings. The topological polar surface area (TPSA) is 116 Å². The fourth-order valence-electron chi connectivity index (χ4n) is 5.36. The van der Waals surface area contributed by atoms with Crippen molar-refractivity contribution in [1.29, 1.82) is 0 Å². The predicted octanol–water partition coefficient (Wildman–Crippen LogP) is 4.29. The van der Waals surface area contributed by atoms with Gasteiger partial charge in [0.25, 0.3) is 5.91 Å². The number of rotatable bonds is 7. The Labute approximate surface area is 231 Å². The first-order valence-electron chi connectivity index (χ1n) is 12.9. The van der Waals surface area contributed by atoms with Crippen molar-refractivity contribution in [3.8, 4) is 10.4 Å². The quantitative estimate of drug-likeness (QED) is 0.454. The Morgan fingerprint density at radius 3 is 2.56 bits per heavy atom. The minimum Gasteiger partial charge on any atom is -0.331 e. The van der Waals surface area contributed by atoms with Crippen LogP contribution in [0.25, 0.3) is 10.4 Å². The van der Waals surface area contributed by atoms with Gasteiger partial charge in [-0.05, 0) is 68.0 Å². The summed E-state index contributed by atoms with van der Waals surface area (Å²) in [5.74, 6) is 1.40. The molecular weight excluding hydrogens is 536 g/mol. The number of nitrogens with zero attached hydrogens (tertiary/aromatic N) is 5. The number of amides is 3. The van der Waals surface area contributed by atoms with Crippen molar-refractivity contribution in [3.63, 3.8) is 0 Å². The highest BCUT2D eigenvalue weighted by molar-refractivity contribution is 7.90. The van der Waals surface area contributed by atoms with Gasteiger partial charge in [-0.25, -0.2) is 23.2 Å². The number of fused-ring (bicyclic) bond motifs is 1. The zero-order valence-electron chi connectivity index (χ0n) is 22.3. The van der Waals surface area contributed by atoms with E-state index in [9.17, 15) is 18.0 Å². The normalized spacial score (nSPS) is 18.2. The number of carbonyl (C=O) groups is 2. The Morgan fingerprint density at radius 1 is 1.13 bits per heavy atom. The van der Waals surface area contributed by atoms with E-state index in [4.69, 9.17) is 0 Å². The predicted molar refractivity (Wildman–Crippen MR) is 150 cm³/mol. The van der Waals surface area contributed by atoms with Crippen LogP contribution in [-0.2, 0) is 16.4 Å². The first-order valence-corrected chi connectivity index (χ1v) is 15.6. The van der Waals surface area contributed by atoms with Gasteiger partial charge in [0, 0.05) is 39.0 Å². The van der Waals surface area contributed by atoms with Gasteiger partial charge in [-0.2, -0.15) is 0 Å².